The Morgan fingerprint density at radius 1 is 1.00 bits per heavy atom. The van der Waals surface area contributed by atoms with Crippen LogP contribution < -0.4 is 10.4 Å². The molecule has 2 bridgehead atoms. The maximum Gasteiger partial charge on any atom is 0.353 e. The summed E-state index contributed by atoms with van der Waals surface area (Å²) in [7, 11) is -2.67. The van der Waals surface area contributed by atoms with Crippen molar-refractivity contribution < 1.29 is 28.5 Å². The van der Waals surface area contributed by atoms with E-state index in [1.54, 1.807) is 0 Å². The molecule has 0 spiro atoms. The Balaban J connectivity index is 1.40. The van der Waals surface area contributed by atoms with E-state index in [0.29, 0.717) is 32.8 Å². The molecular formula is C31H40O6Si. The second-order valence-electron chi connectivity index (χ2n) is 12.0. The van der Waals surface area contributed by atoms with Crippen LogP contribution in [0.3, 0.4) is 0 Å². The highest BCUT2D eigenvalue weighted by molar-refractivity contribution is 6.99. The lowest BCUT2D eigenvalue weighted by atomic mass is 9.92. The van der Waals surface area contributed by atoms with Gasteiger partial charge in [-0.25, -0.2) is 0 Å². The minimum Gasteiger partial charge on any atom is -0.407 e. The molecule has 0 radical (unpaired) electrons. The fraction of sp³-hybridized carbons (Fsp3) is 0.516. The third-order valence-electron chi connectivity index (χ3n) is 7.50. The summed E-state index contributed by atoms with van der Waals surface area (Å²) in [6.45, 7) is 12.4. The first-order valence-electron chi connectivity index (χ1n) is 13.4. The average molecular weight is 537 g/mol. The molecule has 38 heavy (non-hydrogen) atoms. The molecule has 2 aromatic rings. The fourth-order valence-electron chi connectivity index (χ4n) is 5.17. The molecule has 2 atom stereocenters. The third kappa shape index (κ3) is 6.12. The van der Waals surface area contributed by atoms with E-state index >= 15 is 0 Å². The average Bonchev–Trinajstić information content (AvgIpc) is 2.91. The summed E-state index contributed by atoms with van der Waals surface area (Å²) in [5.41, 5.74) is -0.164. The Bertz CT molecular complexity index is 1080. The second-order valence-corrected chi connectivity index (χ2v) is 16.3. The van der Waals surface area contributed by atoms with Crippen molar-refractivity contribution in [2.75, 3.05) is 26.4 Å². The van der Waals surface area contributed by atoms with Crippen LogP contribution in [0.15, 0.2) is 60.7 Å². The van der Waals surface area contributed by atoms with E-state index in [1.807, 2.05) is 26.0 Å². The van der Waals surface area contributed by atoms with Crippen molar-refractivity contribution >= 4 is 24.5 Å². The van der Waals surface area contributed by atoms with Crippen LogP contribution in [0.2, 0.25) is 5.04 Å². The molecule has 5 rings (SSSR count). The van der Waals surface area contributed by atoms with E-state index in [1.165, 1.54) is 10.4 Å². The molecule has 204 valence electrons. The van der Waals surface area contributed by atoms with Crippen molar-refractivity contribution in [3.05, 3.63) is 60.7 Å². The Hall–Kier alpha value is -2.31. The van der Waals surface area contributed by atoms with Gasteiger partial charge < -0.3 is 23.7 Å². The zero-order valence-electron chi connectivity index (χ0n) is 23.2. The van der Waals surface area contributed by atoms with Gasteiger partial charge in [0, 0.05) is 24.4 Å². The van der Waals surface area contributed by atoms with Crippen LogP contribution >= 0.6 is 0 Å². The monoisotopic (exact) mass is 536 g/mol. The van der Waals surface area contributed by atoms with E-state index < -0.39 is 20.4 Å². The summed E-state index contributed by atoms with van der Waals surface area (Å²) in [5.74, 6) is 3.34. The van der Waals surface area contributed by atoms with Gasteiger partial charge >= 0.3 is 5.97 Å². The van der Waals surface area contributed by atoms with Gasteiger partial charge in [0.25, 0.3) is 8.32 Å². The normalized spacial score (nSPS) is 24.8. The molecule has 3 aliphatic rings. The van der Waals surface area contributed by atoms with Gasteiger partial charge in [-0.15, -0.1) is 0 Å². The lowest BCUT2D eigenvalue weighted by Crippen LogP contribution is -2.66. The number of fused-ring (bicyclic) bond motifs is 3. The van der Waals surface area contributed by atoms with E-state index in [2.05, 4.69) is 81.1 Å². The van der Waals surface area contributed by atoms with Crippen LogP contribution in [0, 0.1) is 23.2 Å². The molecule has 0 saturated carbocycles. The Morgan fingerprint density at radius 2 is 1.50 bits per heavy atom. The number of benzene rings is 2. The third-order valence-corrected chi connectivity index (χ3v) is 12.5. The smallest absolute Gasteiger partial charge is 0.353 e. The first-order valence-corrected chi connectivity index (χ1v) is 15.3. The first-order chi connectivity index (χ1) is 18.0. The maximum atomic E-state index is 12.6. The minimum atomic E-state index is -2.67. The molecule has 0 amide bonds. The summed E-state index contributed by atoms with van der Waals surface area (Å²) in [4.78, 5) is 12.6. The first kappa shape index (κ1) is 28.7. The molecular weight excluding hydrogens is 496 g/mol. The van der Waals surface area contributed by atoms with Gasteiger partial charge in [0.2, 0.25) is 5.78 Å². The molecule has 3 saturated heterocycles. The number of rotatable bonds is 9. The number of hydrogen-bond donors (Lipinski definition) is 1. The Morgan fingerprint density at radius 3 is 1.97 bits per heavy atom. The number of aliphatic hydroxyl groups is 1. The van der Waals surface area contributed by atoms with Gasteiger partial charge in [-0.3, -0.25) is 4.79 Å². The van der Waals surface area contributed by atoms with Crippen molar-refractivity contribution in [3.63, 3.8) is 0 Å². The van der Waals surface area contributed by atoms with E-state index in [-0.39, 0.29) is 28.6 Å². The van der Waals surface area contributed by atoms with Gasteiger partial charge in [-0.1, -0.05) is 95.3 Å². The predicted molar refractivity (Wildman–Crippen MR) is 149 cm³/mol. The second kappa shape index (κ2) is 11.4. The molecule has 3 fully saturated rings. The zero-order valence-corrected chi connectivity index (χ0v) is 24.2. The topological polar surface area (TPSA) is 74.2 Å². The predicted octanol–water partition coefficient (Wildman–Crippen LogP) is 3.65. The van der Waals surface area contributed by atoms with Crippen LogP contribution in [0.1, 0.15) is 47.5 Å². The molecule has 0 aliphatic carbocycles. The van der Waals surface area contributed by atoms with Crippen LogP contribution in [-0.4, -0.2) is 57.7 Å². The fourth-order valence-corrected chi connectivity index (χ4v) is 9.75. The van der Waals surface area contributed by atoms with Crippen LogP contribution in [-0.2, 0) is 23.4 Å². The van der Waals surface area contributed by atoms with Crippen molar-refractivity contribution in [1.29, 1.82) is 0 Å². The van der Waals surface area contributed by atoms with Crippen molar-refractivity contribution in [2.45, 2.75) is 64.6 Å². The van der Waals surface area contributed by atoms with Crippen molar-refractivity contribution in [2.24, 2.45) is 11.3 Å². The highest BCUT2D eigenvalue weighted by Gasteiger charge is 2.51. The summed E-state index contributed by atoms with van der Waals surface area (Å²) >= 11 is 0. The summed E-state index contributed by atoms with van der Waals surface area (Å²) in [6, 6.07) is 20.9. The maximum absolute atomic E-state index is 12.6. The van der Waals surface area contributed by atoms with Gasteiger partial charge in [-0.05, 0) is 33.7 Å². The molecule has 2 aromatic carbocycles. The molecule has 3 aliphatic heterocycles. The summed E-state index contributed by atoms with van der Waals surface area (Å²) in [5, 5.41) is 13.2. The highest BCUT2D eigenvalue weighted by Crippen LogP contribution is 2.38. The minimum absolute atomic E-state index is 0.126. The van der Waals surface area contributed by atoms with Crippen LogP contribution in [0.4, 0.5) is 0 Å². The molecule has 1 N–H and O–H groups in total. The molecule has 0 aromatic heterocycles. The Kier molecular flexibility index (Phi) is 8.63. The Labute approximate surface area is 227 Å². The number of carbonyl (C=O) groups is 1. The molecule has 0 unspecified atom stereocenters. The largest absolute Gasteiger partial charge is 0.407 e. The number of ketones is 1. The lowest BCUT2D eigenvalue weighted by Gasteiger charge is -2.47. The van der Waals surface area contributed by atoms with E-state index in [9.17, 15) is 9.90 Å². The summed E-state index contributed by atoms with van der Waals surface area (Å²) in [6.07, 6.45) is -0.156. The standard InChI is InChI=1S/C31H40O6Si/c1-24(20-25(32)16-18-31-34-21-30(5,22-35-31)23-36-31)28(33)17-19-37-38(29(2,3)4,26-12-8-6-9-13-26)27-14-10-7-11-15-27/h6-15,24,28,33H,17,19-23H2,1-5H3/t24-,28-,30?,31?/m1/s1. The van der Waals surface area contributed by atoms with Crippen molar-refractivity contribution in [3.8, 4) is 11.8 Å². The number of hydrogen-bond acceptors (Lipinski definition) is 6. The van der Waals surface area contributed by atoms with Gasteiger partial charge in [0.15, 0.2) is 0 Å². The van der Waals surface area contributed by atoms with Crippen LogP contribution in [0.25, 0.3) is 0 Å². The quantitative estimate of drug-likeness (QED) is 0.300. The number of aliphatic hydroxyl groups excluding tert-OH is 1. The van der Waals surface area contributed by atoms with Crippen molar-refractivity contribution in [1.82, 2.24) is 0 Å². The number of carbonyl (C=O) groups excluding carboxylic acids is 1. The van der Waals surface area contributed by atoms with Gasteiger partial charge in [0.05, 0.1) is 25.9 Å². The number of Topliss-reactive ketones (excluding diaryl/α,β-unsaturated/α-hetero) is 1. The van der Waals surface area contributed by atoms with E-state index in [4.69, 9.17) is 18.6 Å². The van der Waals surface area contributed by atoms with E-state index in [0.717, 1.165) is 0 Å². The molecule has 3 heterocycles. The SMILES string of the molecule is C[C@H](CC(=O)C#CC12OCC(C)(CO1)CO2)[C@H](O)CCO[Si](c1ccccc1)(c1ccccc1)C(C)(C)C. The molecule has 6 nitrogen and oxygen atoms in total. The zero-order chi connectivity index (χ0) is 27.4. The van der Waals surface area contributed by atoms with Gasteiger partial charge in [0.1, 0.15) is 0 Å². The number of ether oxygens (including phenoxy) is 3. The van der Waals surface area contributed by atoms with Crippen LogP contribution in [0.5, 0.6) is 0 Å². The lowest BCUT2D eigenvalue weighted by molar-refractivity contribution is -0.436. The highest BCUT2D eigenvalue weighted by atomic mass is 28.4. The van der Waals surface area contributed by atoms with Gasteiger partial charge in [-0.2, -0.15) is 0 Å². The summed E-state index contributed by atoms with van der Waals surface area (Å²) < 4.78 is 23.7. The molecule has 7 heteroatoms.